The highest BCUT2D eigenvalue weighted by Gasteiger charge is 2.00. The second kappa shape index (κ2) is 7.72. The van der Waals surface area contributed by atoms with Crippen molar-refractivity contribution in [3.63, 3.8) is 0 Å². The predicted octanol–water partition coefficient (Wildman–Crippen LogP) is 5.21. The normalized spacial score (nSPS) is 10.7. The average Bonchev–Trinajstić information content (AvgIpc) is 2.52. The minimum absolute atomic E-state index is 0.557. The predicted molar refractivity (Wildman–Crippen MR) is 90.1 cm³/mol. The van der Waals surface area contributed by atoms with Crippen LogP contribution < -0.4 is 10.1 Å². The maximum absolute atomic E-state index is 5.59. The summed E-state index contributed by atoms with van der Waals surface area (Å²) in [4.78, 5) is 0. The van der Waals surface area contributed by atoms with Crippen LogP contribution in [0.5, 0.6) is 5.75 Å². The van der Waals surface area contributed by atoms with Crippen molar-refractivity contribution in [2.24, 2.45) is 0 Å². The maximum atomic E-state index is 5.59. The van der Waals surface area contributed by atoms with Crippen molar-refractivity contribution in [2.45, 2.75) is 39.7 Å². The number of nitrogens with one attached hydrogen (secondary N) is 1. The zero-order chi connectivity index (χ0) is 15.1. The van der Waals surface area contributed by atoms with Gasteiger partial charge in [0.1, 0.15) is 5.75 Å². The molecule has 0 aliphatic carbocycles. The molecule has 0 radical (unpaired) electrons. The van der Waals surface area contributed by atoms with Crippen molar-refractivity contribution < 1.29 is 4.74 Å². The summed E-state index contributed by atoms with van der Waals surface area (Å²) in [5, 5.41) is 3.48. The van der Waals surface area contributed by atoms with Crippen LogP contribution in [0.1, 0.15) is 44.2 Å². The molecule has 0 unspecified atom stereocenters. The number of rotatable bonds is 7. The topological polar surface area (TPSA) is 21.3 Å². The summed E-state index contributed by atoms with van der Waals surface area (Å²) in [5.41, 5.74) is 3.80. The van der Waals surface area contributed by atoms with Crippen LogP contribution in [0.15, 0.2) is 48.5 Å². The molecule has 0 saturated carbocycles. The quantitative estimate of drug-likeness (QED) is 0.753. The van der Waals surface area contributed by atoms with Gasteiger partial charge in [0.25, 0.3) is 0 Å². The molecule has 0 spiro atoms. The molecule has 0 amide bonds. The molecule has 0 atom stereocenters. The van der Waals surface area contributed by atoms with Crippen LogP contribution in [0.3, 0.4) is 0 Å². The summed E-state index contributed by atoms with van der Waals surface area (Å²) < 4.78 is 5.59. The van der Waals surface area contributed by atoms with Gasteiger partial charge in [0.15, 0.2) is 0 Å². The van der Waals surface area contributed by atoms with Crippen LogP contribution in [0.25, 0.3) is 0 Å². The van der Waals surface area contributed by atoms with Gasteiger partial charge in [-0.3, -0.25) is 0 Å². The van der Waals surface area contributed by atoms with E-state index in [4.69, 9.17) is 4.74 Å². The molecule has 112 valence electrons. The van der Waals surface area contributed by atoms with Gasteiger partial charge >= 0.3 is 0 Å². The lowest BCUT2D eigenvalue weighted by molar-refractivity contribution is 0.317. The van der Waals surface area contributed by atoms with E-state index in [0.29, 0.717) is 5.92 Å². The lowest BCUT2D eigenvalue weighted by Crippen LogP contribution is -2.01. The molecule has 2 nitrogen and oxygen atoms in total. The molecule has 0 heterocycles. The van der Waals surface area contributed by atoms with Gasteiger partial charge in [-0.1, -0.05) is 45.0 Å². The maximum Gasteiger partial charge on any atom is 0.119 e. The molecule has 0 aliphatic rings. The first-order valence-electron chi connectivity index (χ1n) is 7.74. The SMILES string of the molecule is CCCOc1ccc(CNc2cccc(C(C)C)c2)cc1. The Morgan fingerprint density at radius 1 is 1.05 bits per heavy atom. The molecule has 0 fully saturated rings. The smallest absolute Gasteiger partial charge is 0.119 e. The highest BCUT2D eigenvalue weighted by molar-refractivity contribution is 5.47. The van der Waals surface area contributed by atoms with Crippen molar-refractivity contribution >= 4 is 5.69 Å². The van der Waals surface area contributed by atoms with E-state index in [1.165, 1.54) is 16.8 Å². The molecule has 2 heteroatoms. The average molecular weight is 283 g/mol. The van der Waals surface area contributed by atoms with Gasteiger partial charge in [-0.05, 0) is 47.7 Å². The van der Waals surface area contributed by atoms with Gasteiger partial charge in [-0.15, -0.1) is 0 Å². The van der Waals surface area contributed by atoms with Crippen molar-refractivity contribution in [3.05, 3.63) is 59.7 Å². The van der Waals surface area contributed by atoms with Crippen LogP contribution in [-0.4, -0.2) is 6.61 Å². The minimum Gasteiger partial charge on any atom is -0.494 e. The summed E-state index contributed by atoms with van der Waals surface area (Å²) in [5.74, 6) is 1.50. The van der Waals surface area contributed by atoms with Gasteiger partial charge in [-0.2, -0.15) is 0 Å². The first-order chi connectivity index (χ1) is 10.2. The Morgan fingerprint density at radius 3 is 2.48 bits per heavy atom. The van der Waals surface area contributed by atoms with E-state index in [1.54, 1.807) is 0 Å². The van der Waals surface area contributed by atoms with Gasteiger partial charge in [0.05, 0.1) is 6.61 Å². The number of anilines is 1. The fourth-order valence-corrected chi connectivity index (χ4v) is 2.14. The summed E-state index contributed by atoms with van der Waals surface area (Å²) in [6, 6.07) is 16.9. The number of benzene rings is 2. The minimum atomic E-state index is 0.557. The standard InChI is InChI=1S/C19H25NO/c1-4-12-21-19-10-8-16(9-11-19)14-20-18-7-5-6-17(13-18)15(2)3/h5-11,13,15,20H,4,12,14H2,1-3H3. The summed E-state index contributed by atoms with van der Waals surface area (Å²) in [6.45, 7) is 8.15. The molecular formula is C19H25NO. The van der Waals surface area contributed by atoms with E-state index in [1.807, 2.05) is 12.1 Å². The lowest BCUT2D eigenvalue weighted by atomic mass is 10.0. The molecular weight excluding hydrogens is 258 g/mol. The highest BCUT2D eigenvalue weighted by atomic mass is 16.5. The number of hydrogen-bond donors (Lipinski definition) is 1. The highest BCUT2D eigenvalue weighted by Crippen LogP contribution is 2.19. The molecule has 1 N–H and O–H groups in total. The second-order valence-corrected chi connectivity index (χ2v) is 5.63. The van der Waals surface area contributed by atoms with Gasteiger partial charge in [0.2, 0.25) is 0 Å². The first-order valence-corrected chi connectivity index (χ1v) is 7.74. The van der Waals surface area contributed by atoms with Crippen LogP contribution in [0.2, 0.25) is 0 Å². The van der Waals surface area contributed by atoms with Crippen molar-refractivity contribution in [1.82, 2.24) is 0 Å². The molecule has 0 aromatic heterocycles. The van der Waals surface area contributed by atoms with E-state index >= 15 is 0 Å². The molecule has 0 bridgehead atoms. The third-order valence-electron chi connectivity index (χ3n) is 3.45. The Morgan fingerprint density at radius 2 is 1.81 bits per heavy atom. The van der Waals surface area contributed by atoms with Crippen LogP contribution in [-0.2, 0) is 6.54 Å². The van der Waals surface area contributed by atoms with E-state index in [0.717, 1.165) is 25.3 Å². The fraction of sp³-hybridized carbons (Fsp3) is 0.368. The van der Waals surface area contributed by atoms with E-state index in [2.05, 4.69) is 62.5 Å². The Hall–Kier alpha value is -1.96. The number of ether oxygens (including phenoxy) is 1. The van der Waals surface area contributed by atoms with E-state index < -0.39 is 0 Å². The fourth-order valence-electron chi connectivity index (χ4n) is 2.14. The van der Waals surface area contributed by atoms with Crippen molar-refractivity contribution in [1.29, 1.82) is 0 Å². The monoisotopic (exact) mass is 283 g/mol. The summed E-state index contributed by atoms with van der Waals surface area (Å²) >= 11 is 0. The molecule has 21 heavy (non-hydrogen) atoms. The van der Waals surface area contributed by atoms with E-state index in [-0.39, 0.29) is 0 Å². The van der Waals surface area contributed by atoms with E-state index in [9.17, 15) is 0 Å². The zero-order valence-corrected chi connectivity index (χ0v) is 13.2. The molecule has 2 aromatic carbocycles. The Kier molecular flexibility index (Phi) is 5.68. The molecule has 0 aliphatic heterocycles. The van der Waals surface area contributed by atoms with Gasteiger partial charge in [-0.25, -0.2) is 0 Å². The summed E-state index contributed by atoms with van der Waals surface area (Å²) in [6.07, 6.45) is 1.04. The Labute approximate surface area is 128 Å². The van der Waals surface area contributed by atoms with Gasteiger partial charge < -0.3 is 10.1 Å². The molecule has 2 rings (SSSR count). The zero-order valence-electron chi connectivity index (χ0n) is 13.2. The van der Waals surface area contributed by atoms with Gasteiger partial charge in [0, 0.05) is 12.2 Å². The molecule has 0 saturated heterocycles. The van der Waals surface area contributed by atoms with Crippen LogP contribution in [0, 0.1) is 0 Å². The van der Waals surface area contributed by atoms with Crippen molar-refractivity contribution in [2.75, 3.05) is 11.9 Å². The van der Waals surface area contributed by atoms with Crippen LogP contribution >= 0.6 is 0 Å². The van der Waals surface area contributed by atoms with Crippen LogP contribution in [0.4, 0.5) is 5.69 Å². The number of hydrogen-bond acceptors (Lipinski definition) is 2. The molecule has 2 aromatic rings. The first kappa shape index (κ1) is 15.4. The second-order valence-electron chi connectivity index (χ2n) is 5.63. The Balaban J connectivity index is 1.92. The lowest BCUT2D eigenvalue weighted by Gasteiger charge is -2.11. The summed E-state index contributed by atoms with van der Waals surface area (Å²) in [7, 11) is 0. The largest absolute Gasteiger partial charge is 0.494 e. The third kappa shape index (κ3) is 4.82. The third-order valence-corrected chi connectivity index (χ3v) is 3.45. The van der Waals surface area contributed by atoms with Crippen molar-refractivity contribution in [3.8, 4) is 5.75 Å². The Bertz CT molecular complexity index is 546.